The number of hydrogen-bond acceptors (Lipinski definition) is 4. The summed E-state index contributed by atoms with van der Waals surface area (Å²) < 4.78 is 62.7. The Morgan fingerprint density at radius 2 is 1.75 bits per heavy atom. The van der Waals surface area contributed by atoms with E-state index < -0.39 is 36.4 Å². The molecule has 0 amide bonds. The molecule has 0 aliphatic heterocycles. The van der Waals surface area contributed by atoms with E-state index in [1.807, 2.05) is 4.72 Å². The predicted octanol–water partition coefficient (Wildman–Crippen LogP) is 2.54. The maximum atomic E-state index is 13.8. The van der Waals surface area contributed by atoms with E-state index in [9.17, 15) is 21.2 Å². The van der Waals surface area contributed by atoms with E-state index >= 15 is 0 Å². The quantitative estimate of drug-likeness (QED) is 0.818. The predicted molar refractivity (Wildman–Crippen MR) is 90.8 cm³/mol. The molecule has 0 saturated carbocycles. The lowest BCUT2D eigenvalue weighted by Gasteiger charge is -2.10. The standard InChI is InChI=1S/C14H12ClFN2O4S2/c15-11-4-1-3-10(9-11)7-8-23(19,20)18-14-12(16)5-2-6-13(14)24(17,21)22/h1-9,18H,(H2,17,21,22). The van der Waals surface area contributed by atoms with Gasteiger partial charge in [-0.3, -0.25) is 4.72 Å². The molecular weight excluding hydrogens is 379 g/mol. The van der Waals surface area contributed by atoms with Crippen LogP contribution in [0.15, 0.2) is 52.8 Å². The summed E-state index contributed by atoms with van der Waals surface area (Å²) in [5.41, 5.74) is -0.246. The SMILES string of the molecule is NS(=O)(=O)c1cccc(F)c1NS(=O)(=O)C=Cc1cccc(Cl)c1. The molecule has 6 nitrogen and oxygen atoms in total. The van der Waals surface area contributed by atoms with Crippen LogP contribution >= 0.6 is 11.6 Å². The molecular formula is C14H12ClFN2O4S2. The Balaban J connectivity index is 2.37. The molecule has 0 aromatic heterocycles. The van der Waals surface area contributed by atoms with Gasteiger partial charge in [0.25, 0.3) is 10.0 Å². The Morgan fingerprint density at radius 3 is 2.38 bits per heavy atom. The van der Waals surface area contributed by atoms with Crippen LogP contribution in [0, 0.1) is 5.82 Å². The van der Waals surface area contributed by atoms with Crippen molar-refractivity contribution in [2.75, 3.05) is 4.72 Å². The van der Waals surface area contributed by atoms with Crippen LogP contribution < -0.4 is 9.86 Å². The minimum absolute atomic E-state index is 0.410. The van der Waals surface area contributed by atoms with Crippen LogP contribution in [0.2, 0.25) is 5.02 Å². The summed E-state index contributed by atoms with van der Waals surface area (Å²) in [4.78, 5) is -0.665. The molecule has 0 saturated heterocycles. The number of nitrogens with two attached hydrogens (primary N) is 1. The lowest BCUT2D eigenvalue weighted by atomic mass is 10.2. The molecule has 0 aliphatic carbocycles. The molecule has 2 aromatic carbocycles. The molecule has 0 unspecified atom stereocenters. The third-order valence-corrected chi connectivity index (χ3v) is 4.99. The third-order valence-electron chi connectivity index (χ3n) is 2.81. The Labute approximate surface area is 143 Å². The number of primary sulfonamides is 1. The molecule has 3 N–H and O–H groups in total. The second-order valence-electron chi connectivity index (χ2n) is 4.66. The van der Waals surface area contributed by atoms with Crippen molar-refractivity contribution in [2.45, 2.75) is 4.90 Å². The number of anilines is 1. The van der Waals surface area contributed by atoms with Crippen LogP contribution in [0.25, 0.3) is 6.08 Å². The highest BCUT2D eigenvalue weighted by Crippen LogP contribution is 2.25. The van der Waals surface area contributed by atoms with Crippen molar-refractivity contribution >= 4 is 43.4 Å². The average molecular weight is 391 g/mol. The molecule has 10 heteroatoms. The number of hydrogen-bond donors (Lipinski definition) is 2. The summed E-state index contributed by atoms with van der Waals surface area (Å²) in [6, 6.07) is 9.38. The van der Waals surface area contributed by atoms with Gasteiger partial charge in [0.05, 0.1) is 5.41 Å². The molecule has 2 aromatic rings. The molecule has 0 bridgehead atoms. The van der Waals surface area contributed by atoms with Crippen molar-refractivity contribution in [3.05, 3.63) is 64.3 Å². The summed E-state index contributed by atoms with van der Waals surface area (Å²) in [5, 5.41) is 6.14. The van der Waals surface area contributed by atoms with Crippen LogP contribution in [0.4, 0.5) is 10.1 Å². The Hall–Kier alpha value is -1.94. The van der Waals surface area contributed by atoms with Gasteiger partial charge in [0.2, 0.25) is 10.0 Å². The first-order valence-electron chi connectivity index (χ1n) is 6.36. The molecule has 0 heterocycles. The summed E-state index contributed by atoms with van der Waals surface area (Å²) in [6.07, 6.45) is 1.23. The summed E-state index contributed by atoms with van der Waals surface area (Å²) in [5.74, 6) is -1.07. The van der Waals surface area contributed by atoms with Crippen LogP contribution in [-0.4, -0.2) is 16.8 Å². The molecule has 128 valence electrons. The monoisotopic (exact) mass is 390 g/mol. The lowest BCUT2D eigenvalue weighted by molar-refractivity contribution is 0.593. The second kappa shape index (κ2) is 6.89. The van der Waals surface area contributed by atoms with E-state index in [0.717, 1.165) is 23.6 Å². The van der Waals surface area contributed by atoms with Crippen molar-refractivity contribution in [1.29, 1.82) is 0 Å². The van der Waals surface area contributed by atoms with Gasteiger partial charge in [-0.2, -0.15) is 0 Å². The lowest BCUT2D eigenvalue weighted by Crippen LogP contribution is -2.18. The normalized spacial score (nSPS) is 12.5. The summed E-state index contributed by atoms with van der Waals surface area (Å²) in [7, 11) is -8.49. The Bertz CT molecular complexity index is 1010. The van der Waals surface area contributed by atoms with Crippen molar-refractivity contribution in [3.63, 3.8) is 0 Å². The molecule has 0 spiro atoms. The van der Waals surface area contributed by atoms with Gasteiger partial charge in [0.1, 0.15) is 16.4 Å². The zero-order valence-corrected chi connectivity index (χ0v) is 14.4. The number of benzene rings is 2. The van der Waals surface area contributed by atoms with E-state index in [1.165, 1.54) is 12.1 Å². The number of nitrogens with one attached hydrogen (secondary N) is 1. The minimum atomic E-state index is -4.31. The van der Waals surface area contributed by atoms with Gasteiger partial charge >= 0.3 is 0 Å². The van der Waals surface area contributed by atoms with E-state index in [-0.39, 0.29) is 0 Å². The fraction of sp³-hybridized carbons (Fsp3) is 0. The maximum Gasteiger partial charge on any atom is 0.255 e. The van der Waals surface area contributed by atoms with Crippen molar-refractivity contribution in [2.24, 2.45) is 5.14 Å². The Kier molecular flexibility index (Phi) is 5.29. The van der Waals surface area contributed by atoms with E-state index in [2.05, 4.69) is 0 Å². The highest BCUT2D eigenvalue weighted by Gasteiger charge is 2.20. The van der Waals surface area contributed by atoms with Gasteiger partial charge in [-0.25, -0.2) is 26.4 Å². The largest absolute Gasteiger partial charge is 0.276 e. The van der Waals surface area contributed by atoms with Gasteiger partial charge in [-0.05, 0) is 35.9 Å². The summed E-state index contributed by atoms with van der Waals surface area (Å²) >= 11 is 5.79. The van der Waals surface area contributed by atoms with E-state index in [1.54, 1.807) is 18.2 Å². The van der Waals surface area contributed by atoms with Gasteiger partial charge < -0.3 is 0 Å². The van der Waals surface area contributed by atoms with Gasteiger partial charge in [0.15, 0.2) is 0 Å². The molecule has 24 heavy (non-hydrogen) atoms. The Morgan fingerprint density at radius 1 is 1.08 bits per heavy atom. The van der Waals surface area contributed by atoms with Gasteiger partial charge in [-0.1, -0.05) is 29.8 Å². The molecule has 0 atom stereocenters. The number of rotatable bonds is 5. The fourth-order valence-corrected chi connectivity index (χ4v) is 3.66. The van der Waals surface area contributed by atoms with Crippen LogP contribution in [-0.2, 0) is 20.0 Å². The fourth-order valence-electron chi connectivity index (χ4n) is 1.80. The topological polar surface area (TPSA) is 106 Å². The van der Waals surface area contributed by atoms with Crippen molar-refractivity contribution < 1.29 is 21.2 Å². The molecule has 0 aliphatic rings. The average Bonchev–Trinajstić information content (AvgIpc) is 2.46. The van der Waals surface area contributed by atoms with Gasteiger partial charge in [0, 0.05) is 5.02 Å². The first-order chi connectivity index (χ1) is 11.1. The third kappa shape index (κ3) is 4.78. The molecule has 0 radical (unpaired) electrons. The minimum Gasteiger partial charge on any atom is -0.276 e. The van der Waals surface area contributed by atoms with E-state index in [4.69, 9.17) is 16.7 Å². The van der Waals surface area contributed by atoms with Crippen LogP contribution in [0.1, 0.15) is 5.56 Å². The number of halogens is 2. The second-order valence-corrected chi connectivity index (χ2v) is 8.20. The zero-order chi connectivity index (χ0) is 18.0. The highest BCUT2D eigenvalue weighted by atomic mass is 35.5. The number of para-hydroxylation sites is 1. The van der Waals surface area contributed by atoms with Crippen LogP contribution in [0.5, 0.6) is 0 Å². The van der Waals surface area contributed by atoms with Crippen LogP contribution in [0.3, 0.4) is 0 Å². The maximum absolute atomic E-state index is 13.8. The molecule has 0 fully saturated rings. The first-order valence-corrected chi connectivity index (χ1v) is 9.83. The zero-order valence-electron chi connectivity index (χ0n) is 12.0. The number of sulfonamides is 2. The smallest absolute Gasteiger partial charge is 0.255 e. The first kappa shape index (κ1) is 18.4. The van der Waals surface area contributed by atoms with Crippen molar-refractivity contribution in [1.82, 2.24) is 0 Å². The highest BCUT2D eigenvalue weighted by molar-refractivity contribution is 7.95. The van der Waals surface area contributed by atoms with Crippen molar-refractivity contribution in [3.8, 4) is 0 Å². The van der Waals surface area contributed by atoms with Gasteiger partial charge in [-0.15, -0.1) is 0 Å². The summed E-state index contributed by atoms with van der Waals surface area (Å²) in [6.45, 7) is 0. The molecule has 2 rings (SSSR count). The van der Waals surface area contributed by atoms with E-state index in [0.29, 0.717) is 10.6 Å².